The van der Waals surface area contributed by atoms with Crippen molar-refractivity contribution in [1.82, 2.24) is 9.61 Å². The van der Waals surface area contributed by atoms with Crippen molar-refractivity contribution < 1.29 is 19.8 Å². The fourth-order valence-electron chi connectivity index (χ4n) is 1.28. The topological polar surface area (TPSA) is 91.9 Å². The number of hydrogen-bond donors (Lipinski definition) is 2. The minimum absolute atomic E-state index is 0.0156. The van der Waals surface area contributed by atoms with E-state index in [1.54, 1.807) is 0 Å². The number of carboxylic acid groups (broad SMARTS) is 2. The normalized spacial score (nSPS) is 10.4. The van der Waals surface area contributed by atoms with Gasteiger partial charge in [-0.05, 0) is 12.1 Å². The summed E-state index contributed by atoms with van der Waals surface area (Å²) >= 11 is 0. The molecule has 0 atom stereocenters. The molecule has 0 aliphatic rings. The van der Waals surface area contributed by atoms with Crippen molar-refractivity contribution in [2.24, 2.45) is 0 Å². The lowest BCUT2D eigenvalue weighted by atomic mass is 10.2. The second kappa shape index (κ2) is 3.09. The maximum atomic E-state index is 10.8. The number of carbonyl (C=O) groups is 2. The Morgan fingerprint density at radius 3 is 2.60 bits per heavy atom. The Hall–Kier alpha value is -2.37. The third kappa shape index (κ3) is 1.41. The van der Waals surface area contributed by atoms with Gasteiger partial charge in [-0.15, -0.1) is 0 Å². The van der Waals surface area contributed by atoms with Crippen molar-refractivity contribution in [3.63, 3.8) is 0 Å². The van der Waals surface area contributed by atoms with Crippen LogP contribution < -0.4 is 0 Å². The van der Waals surface area contributed by atoms with Crippen LogP contribution in [0.3, 0.4) is 0 Å². The Kier molecular flexibility index (Phi) is 1.89. The molecule has 2 N–H and O–H groups in total. The standard InChI is InChI=1S/C9H6N2O4/c12-8(13)5-1-2-11-7(3-5)6(4-10-11)9(14)15/h1-4H,(H,12,13)(H,14,15). The summed E-state index contributed by atoms with van der Waals surface area (Å²) in [6.45, 7) is 0. The van der Waals surface area contributed by atoms with Gasteiger partial charge in [0.1, 0.15) is 5.56 Å². The zero-order valence-corrected chi connectivity index (χ0v) is 7.41. The number of nitrogens with zero attached hydrogens (tertiary/aromatic N) is 2. The van der Waals surface area contributed by atoms with Gasteiger partial charge < -0.3 is 10.2 Å². The van der Waals surface area contributed by atoms with Crippen molar-refractivity contribution in [2.45, 2.75) is 0 Å². The maximum Gasteiger partial charge on any atom is 0.339 e. The van der Waals surface area contributed by atoms with E-state index < -0.39 is 11.9 Å². The van der Waals surface area contributed by atoms with Crippen LogP contribution in [0.2, 0.25) is 0 Å². The van der Waals surface area contributed by atoms with E-state index >= 15 is 0 Å². The molecule has 0 unspecified atom stereocenters. The minimum Gasteiger partial charge on any atom is -0.478 e. The monoisotopic (exact) mass is 206 g/mol. The molecule has 0 aliphatic carbocycles. The predicted molar refractivity (Wildman–Crippen MR) is 49.1 cm³/mol. The molecular formula is C9H6N2O4. The molecule has 0 spiro atoms. The molecule has 6 heteroatoms. The van der Waals surface area contributed by atoms with Gasteiger partial charge in [0, 0.05) is 6.20 Å². The van der Waals surface area contributed by atoms with Crippen LogP contribution in [0.5, 0.6) is 0 Å². The molecule has 0 saturated heterocycles. The van der Waals surface area contributed by atoms with E-state index in [2.05, 4.69) is 5.10 Å². The van der Waals surface area contributed by atoms with E-state index in [-0.39, 0.29) is 16.6 Å². The highest BCUT2D eigenvalue weighted by atomic mass is 16.4. The van der Waals surface area contributed by atoms with Crippen molar-refractivity contribution in [1.29, 1.82) is 0 Å². The first kappa shape index (κ1) is 9.20. The lowest BCUT2D eigenvalue weighted by Gasteiger charge is -1.96. The van der Waals surface area contributed by atoms with E-state index in [0.29, 0.717) is 0 Å². The van der Waals surface area contributed by atoms with Gasteiger partial charge in [0.15, 0.2) is 0 Å². The molecular weight excluding hydrogens is 200 g/mol. The number of fused-ring (bicyclic) bond motifs is 1. The van der Waals surface area contributed by atoms with Gasteiger partial charge >= 0.3 is 11.9 Å². The Bertz CT molecular complexity index is 558. The summed E-state index contributed by atoms with van der Waals surface area (Å²) in [6, 6.07) is 2.63. The molecule has 2 aromatic heterocycles. The van der Waals surface area contributed by atoms with Crippen LogP contribution in [0.25, 0.3) is 5.52 Å². The quantitative estimate of drug-likeness (QED) is 0.755. The first-order valence-electron chi connectivity index (χ1n) is 4.03. The number of aromatic carboxylic acids is 2. The van der Waals surface area contributed by atoms with Gasteiger partial charge in [0.05, 0.1) is 17.3 Å². The molecule has 0 amide bonds. The van der Waals surface area contributed by atoms with Gasteiger partial charge in [-0.3, -0.25) is 0 Å². The summed E-state index contributed by atoms with van der Waals surface area (Å²) < 4.78 is 1.32. The molecule has 6 nitrogen and oxygen atoms in total. The number of rotatable bonds is 2. The van der Waals surface area contributed by atoms with Crippen molar-refractivity contribution in [3.8, 4) is 0 Å². The highest BCUT2D eigenvalue weighted by Gasteiger charge is 2.12. The molecule has 15 heavy (non-hydrogen) atoms. The average molecular weight is 206 g/mol. The molecule has 2 aromatic rings. The third-order valence-corrected chi connectivity index (χ3v) is 2.00. The van der Waals surface area contributed by atoms with E-state index in [1.807, 2.05) is 0 Å². The first-order valence-corrected chi connectivity index (χ1v) is 4.03. The SMILES string of the molecule is O=C(O)c1ccn2ncc(C(=O)O)c2c1. The van der Waals surface area contributed by atoms with E-state index in [4.69, 9.17) is 10.2 Å². The maximum absolute atomic E-state index is 10.8. The fraction of sp³-hybridized carbons (Fsp3) is 0. The smallest absolute Gasteiger partial charge is 0.339 e. The lowest BCUT2D eigenvalue weighted by Crippen LogP contribution is -2.00. The Balaban J connectivity index is 2.72. The second-order valence-corrected chi connectivity index (χ2v) is 2.91. The number of pyridine rings is 1. The van der Waals surface area contributed by atoms with Crippen LogP contribution in [0.4, 0.5) is 0 Å². The minimum atomic E-state index is -1.13. The highest BCUT2D eigenvalue weighted by Crippen LogP contribution is 2.12. The largest absolute Gasteiger partial charge is 0.478 e. The van der Waals surface area contributed by atoms with Gasteiger partial charge in [0.25, 0.3) is 0 Å². The molecule has 0 fully saturated rings. The molecule has 0 radical (unpaired) electrons. The summed E-state index contributed by atoms with van der Waals surface area (Å²) in [7, 11) is 0. The first-order chi connectivity index (χ1) is 7.09. The molecule has 0 saturated carbocycles. The van der Waals surface area contributed by atoms with E-state index in [1.165, 1.54) is 29.0 Å². The number of hydrogen-bond acceptors (Lipinski definition) is 3. The lowest BCUT2D eigenvalue weighted by molar-refractivity contribution is 0.0685. The Labute approximate surface area is 83.4 Å². The molecule has 2 heterocycles. The van der Waals surface area contributed by atoms with Crippen LogP contribution in [-0.2, 0) is 0 Å². The average Bonchev–Trinajstić information content (AvgIpc) is 2.59. The number of aromatic nitrogens is 2. The molecule has 2 rings (SSSR count). The Morgan fingerprint density at radius 1 is 1.27 bits per heavy atom. The second-order valence-electron chi connectivity index (χ2n) is 2.91. The van der Waals surface area contributed by atoms with Crippen LogP contribution >= 0.6 is 0 Å². The Morgan fingerprint density at radius 2 is 2.00 bits per heavy atom. The summed E-state index contributed by atoms with van der Waals surface area (Å²) in [5.41, 5.74) is 0.283. The molecule has 0 bridgehead atoms. The van der Waals surface area contributed by atoms with Crippen molar-refractivity contribution in [2.75, 3.05) is 0 Å². The van der Waals surface area contributed by atoms with Crippen LogP contribution in [-0.4, -0.2) is 31.8 Å². The summed E-state index contributed by atoms with van der Waals surface area (Å²) in [6.07, 6.45) is 2.59. The van der Waals surface area contributed by atoms with Crippen molar-refractivity contribution >= 4 is 17.5 Å². The van der Waals surface area contributed by atoms with Crippen LogP contribution in [0.15, 0.2) is 24.5 Å². The zero-order chi connectivity index (χ0) is 11.0. The molecule has 0 aliphatic heterocycles. The van der Waals surface area contributed by atoms with E-state index in [9.17, 15) is 9.59 Å². The predicted octanol–water partition coefficient (Wildman–Crippen LogP) is 0.731. The summed E-state index contributed by atoms with van der Waals surface area (Å²) in [4.78, 5) is 21.4. The van der Waals surface area contributed by atoms with Crippen LogP contribution in [0.1, 0.15) is 20.7 Å². The van der Waals surface area contributed by atoms with Gasteiger partial charge in [-0.25, -0.2) is 14.1 Å². The van der Waals surface area contributed by atoms with Gasteiger partial charge in [-0.2, -0.15) is 5.10 Å². The third-order valence-electron chi connectivity index (χ3n) is 2.00. The van der Waals surface area contributed by atoms with Gasteiger partial charge in [-0.1, -0.05) is 0 Å². The summed E-state index contributed by atoms with van der Waals surface area (Å²) in [5.74, 6) is -2.23. The fourth-order valence-corrected chi connectivity index (χ4v) is 1.28. The van der Waals surface area contributed by atoms with Crippen molar-refractivity contribution in [3.05, 3.63) is 35.7 Å². The van der Waals surface area contributed by atoms with Crippen LogP contribution in [0, 0.1) is 0 Å². The van der Waals surface area contributed by atoms with Gasteiger partial charge in [0.2, 0.25) is 0 Å². The highest BCUT2D eigenvalue weighted by molar-refractivity contribution is 5.97. The molecule has 76 valence electrons. The summed E-state index contributed by atoms with van der Waals surface area (Å²) in [5, 5.41) is 21.3. The number of carboxylic acids is 2. The molecule has 0 aromatic carbocycles. The van der Waals surface area contributed by atoms with E-state index in [0.717, 1.165) is 0 Å². The zero-order valence-electron chi connectivity index (χ0n) is 7.41.